The summed E-state index contributed by atoms with van der Waals surface area (Å²) in [6.45, 7) is -0.258. The lowest BCUT2D eigenvalue weighted by atomic mass is 10.0. The second kappa shape index (κ2) is 4.84. The summed E-state index contributed by atoms with van der Waals surface area (Å²) >= 11 is 0. The maximum atomic E-state index is 11.1. The van der Waals surface area contributed by atoms with Crippen molar-refractivity contribution in [2.45, 2.75) is 32.1 Å². The minimum absolute atomic E-state index is 0.130. The molecule has 1 amide bonds. The van der Waals surface area contributed by atoms with Crippen LogP contribution in [0.1, 0.15) is 32.1 Å². The number of nitrogens with one attached hydrogen (secondary N) is 1. The van der Waals surface area contributed by atoms with Gasteiger partial charge in [-0.3, -0.25) is 9.59 Å². The lowest BCUT2D eigenvalue weighted by Gasteiger charge is -2.07. The highest BCUT2D eigenvalue weighted by Gasteiger charge is 2.18. The third-order valence-corrected chi connectivity index (χ3v) is 2.39. The molecule has 0 radical (unpaired) electrons. The van der Waals surface area contributed by atoms with Gasteiger partial charge in [0.1, 0.15) is 6.54 Å². The molecule has 13 heavy (non-hydrogen) atoms. The molecule has 0 aromatic rings. The first-order chi connectivity index (χ1) is 6.18. The van der Waals surface area contributed by atoms with E-state index in [4.69, 9.17) is 5.11 Å². The molecule has 0 aliphatic heterocycles. The van der Waals surface area contributed by atoms with Gasteiger partial charge >= 0.3 is 5.97 Å². The van der Waals surface area contributed by atoms with E-state index in [0.717, 1.165) is 12.8 Å². The third-order valence-electron chi connectivity index (χ3n) is 2.39. The number of carboxylic acid groups (broad SMARTS) is 1. The number of amides is 1. The molecule has 2 N–H and O–H groups in total. The first-order valence-electron chi connectivity index (χ1n) is 4.67. The van der Waals surface area contributed by atoms with Gasteiger partial charge in [0.2, 0.25) is 5.91 Å². The molecule has 0 bridgehead atoms. The number of carbonyl (C=O) groups is 2. The van der Waals surface area contributed by atoms with Crippen molar-refractivity contribution in [2.24, 2.45) is 5.92 Å². The van der Waals surface area contributed by atoms with E-state index in [1.54, 1.807) is 0 Å². The van der Waals surface area contributed by atoms with Crippen LogP contribution in [0.2, 0.25) is 0 Å². The van der Waals surface area contributed by atoms with Crippen LogP contribution < -0.4 is 5.32 Å². The average Bonchev–Trinajstić information content (AvgIpc) is 2.53. The summed E-state index contributed by atoms with van der Waals surface area (Å²) < 4.78 is 0. The summed E-state index contributed by atoms with van der Waals surface area (Å²) in [6.07, 6.45) is 5.13. The summed E-state index contributed by atoms with van der Waals surface area (Å²) in [4.78, 5) is 21.3. The van der Waals surface area contributed by atoms with E-state index < -0.39 is 5.97 Å². The molecule has 0 aromatic carbocycles. The molecule has 4 nitrogen and oxygen atoms in total. The van der Waals surface area contributed by atoms with Gasteiger partial charge in [0.05, 0.1) is 0 Å². The molecule has 1 aliphatic rings. The van der Waals surface area contributed by atoms with Crippen LogP contribution in [0.5, 0.6) is 0 Å². The third kappa shape index (κ3) is 3.92. The standard InChI is InChI=1S/C9H15NO3/c11-8(10-6-9(12)13)5-7-3-1-2-4-7/h7H,1-6H2,(H,10,11)(H,12,13). The van der Waals surface area contributed by atoms with Crippen molar-refractivity contribution in [1.29, 1.82) is 0 Å². The van der Waals surface area contributed by atoms with Crippen molar-refractivity contribution < 1.29 is 14.7 Å². The van der Waals surface area contributed by atoms with Crippen molar-refractivity contribution in [3.8, 4) is 0 Å². The van der Waals surface area contributed by atoms with Gasteiger partial charge in [0.15, 0.2) is 0 Å². The summed E-state index contributed by atoms with van der Waals surface area (Å²) in [5, 5.41) is 10.7. The van der Waals surface area contributed by atoms with E-state index in [1.807, 2.05) is 0 Å². The highest BCUT2D eigenvalue weighted by atomic mass is 16.4. The molecule has 0 saturated heterocycles. The minimum atomic E-state index is -0.986. The predicted molar refractivity (Wildman–Crippen MR) is 47.2 cm³/mol. The van der Waals surface area contributed by atoms with Crippen LogP contribution in [0.3, 0.4) is 0 Å². The second-order valence-corrected chi connectivity index (χ2v) is 3.53. The Hall–Kier alpha value is -1.06. The zero-order valence-electron chi connectivity index (χ0n) is 7.58. The largest absolute Gasteiger partial charge is 0.480 e. The topological polar surface area (TPSA) is 66.4 Å². The Morgan fingerprint density at radius 1 is 1.31 bits per heavy atom. The molecule has 0 unspecified atom stereocenters. The van der Waals surface area contributed by atoms with Crippen LogP contribution in [0, 0.1) is 5.92 Å². The van der Waals surface area contributed by atoms with Crippen LogP contribution in [0.15, 0.2) is 0 Å². The molecule has 0 aromatic heterocycles. The molecule has 0 atom stereocenters. The van der Waals surface area contributed by atoms with E-state index in [1.165, 1.54) is 12.8 Å². The molecular weight excluding hydrogens is 170 g/mol. The SMILES string of the molecule is O=C(O)CNC(=O)CC1CCCC1. The summed E-state index contributed by atoms with van der Waals surface area (Å²) in [5.41, 5.74) is 0. The van der Waals surface area contributed by atoms with Gasteiger partial charge in [0, 0.05) is 6.42 Å². The quantitative estimate of drug-likeness (QED) is 0.679. The molecule has 0 heterocycles. The zero-order valence-corrected chi connectivity index (χ0v) is 7.58. The van der Waals surface area contributed by atoms with Gasteiger partial charge in [-0.05, 0) is 18.8 Å². The smallest absolute Gasteiger partial charge is 0.322 e. The Kier molecular flexibility index (Phi) is 3.73. The zero-order chi connectivity index (χ0) is 9.68. The van der Waals surface area contributed by atoms with Gasteiger partial charge in [-0.2, -0.15) is 0 Å². The van der Waals surface area contributed by atoms with Gasteiger partial charge in [-0.25, -0.2) is 0 Å². The van der Waals surface area contributed by atoms with Crippen molar-refractivity contribution in [2.75, 3.05) is 6.54 Å². The fourth-order valence-corrected chi connectivity index (χ4v) is 1.72. The van der Waals surface area contributed by atoms with Crippen LogP contribution in [0.25, 0.3) is 0 Å². The van der Waals surface area contributed by atoms with Crippen molar-refractivity contribution >= 4 is 11.9 Å². The number of hydrogen-bond acceptors (Lipinski definition) is 2. The predicted octanol–water partition coefficient (Wildman–Crippen LogP) is 0.767. The summed E-state index contributed by atoms with van der Waals surface area (Å²) in [7, 11) is 0. The van der Waals surface area contributed by atoms with Crippen molar-refractivity contribution in [3.63, 3.8) is 0 Å². The minimum Gasteiger partial charge on any atom is -0.480 e. The second-order valence-electron chi connectivity index (χ2n) is 3.53. The highest BCUT2D eigenvalue weighted by Crippen LogP contribution is 2.27. The number of aliphatic carboxylic acids is 1. The maximum Gasteiger partial charge on any atom is 0.322 e. The summed E-state index contributed by atoms with van der Waals surface area (Å²) in [6, 6.07) is 0. The number of carboxylic acids is 1. The van der Waals surface area contributed by atoms with Gasteiger partial charge in [-0.1, -0.05) is 12.8 Å². The lowest BCUT2D eigenvalue weighted by molar-refractivity contribution is -0.138. The van der Waals surface area contributed by atoms with Crippen molar-refractivity contribution in [1.82, 2.24) is 5.32 Å². The fraction of sp³-hybridized carbons (Fsp3) is 0.778. The Balaban J connectivity index is 2.13. The molecule has 74 valence electrons. The molecule has 0 spiro atoms. The summed E-state index contributed by atoms with van der Waals surface area (Å²) in [5.74, 6) is -0.636. The fourth-order valence-electron chi connectivity index (χ4n) is 1.72. The number of carbonyl (C=O) groups excluding carboxylic acids is 1. The van der Waals surface area contributed by atoms with E-state index in [0.29, 0.717) is 12.3 Å². The molecule has 1 rings (SSSR count). The normalized spacial score (nSPS) is 17.2. The molecule has 1 aliphatic carbocycles. The Bertz CT molecular complexity index is 197. The van der Waals surface area contributed by atoms with E-state index in [-0.39, 0.29) is 12.5 Å². The Labute approximate surface area is 77.3 Å². The van der Waals surface area contributed by atoms with Gasteiger partial charge < -0.3 is 10.4 Å². The van der Waals surface area contributed by atoms with Crippen LogP contribution >= 0.6 is 0 Å². The number of rotatable bonds is 4. The van der Waals surface area contributed by atoms with Crippen LogP contribution in [-0.4, -0.2) is 23.5 Å². The molecule has 1 saturated carbocycles. The molecular formula is C9H15NO3. The van der Waals surface area contributed by atoms with E-state index in [2.05, 4.69) is 5.32 Å². The molecule has 4 heteroatoms. The average molecular weight is 185 g/mol. The van der Waals surface area contributed by atoms with Crippen LogP contribution in [-0.2, 0) is 9.59 Å². The lowest BCUT2D eigenvalue weighted by Crippen LogP contribution is -2.30. The highest BCUT2D eigenvalue weighted by molar-refractivity contribution is 5.81. The van der Waals surface area contributed by atoms with E-state index >= 15 is 0 Å². The first-order valence-corrected chi connectivity index (χ1v) is 4.67. The molecule has 1 fully saturated rings. The first kappa shape index (κ1) is 10.0. The maximum absolute atomic E-state index is 11.1. The van der Waals surface area contributed by atoms with Gasteiger partial charge in [-0.15, -0.1) is 0 Å². The number of hydrogen-bond donors (Lipinski definition) is 2. The van der Waals surface area contributed by atoms with E-state index in [9.17, 15) is 9.59 Å². The van der Waals surface area contributed by atoms with Crippen LogP contribution in [0.4, 0.5) is 0 Å². The Morgan fingerprint density at radius 3 is 2.46 bits per heavy atom. The van der Waals surface area contributed by atoms with Gasteiger partial charge in [0.25, 0.3) is 0 Å². The Morgan fingerprint density at radius 2 is 1.92 bits per heavy atom. The monoisotopic (exact) mass is 185 g/mol. The van der Waals surface area contributed by atoms with Crippen molar-refractivity contribution in [3.05, 3.63) is 0 Å².